The lowest BCUT2D eigenvalue weighted by Gasteiger charge is -2.37. The summed E-state index contributed by atoms with van der Waals surface area (Å²) in [5.41, 5.74) is -1.38. The van der Waals surface area contributed by atoms with Gasteiger partial charge in [0, 0.05) is 6.54 Å². The number of aliphatic hydroxyl groups excluding tert-OH is 1. The van der Waals surface area contributed by atoms with Crippen molar-refractivity contribution in [3.05, 3.63) is 0 Å². The van der Waals surface area contributed by atoms with Crippen LogP contribution in [-0.2, 0) is 0 Å². The second kappa shape index (κ2) is 2.84. The Morgan fingerprint density at radius 3 is 2.50 bits per heavy atom. The Morgan fingerprint density at radius 2 is 2.10 bits per heavy atom. The van der Waals surface area contributed by atoms with Gasteiger partial charge in [0.05, 0.1) is 6.61 Å². The van der Waals surface area contributed by atoms with E-state index in [9.17, 15) is 5.11 Å². The average molecular weight is 147 g/mol. The minimum Gasteiger partial charge on any atom is -0.392 e. The maximum atomic E-state index is 9.37. The first-order valence-electron chi connectivity index (χ1n) is 3.49. The third kappa shape index (κ3) is 1.29. The SMILES string of the molecule is OCC1(O)CCCCN1O. The molecule has 4 heteroatoms. The number of aliphatic hydroxyl groups is 2. The van der Waals surface area contributed by atoms with Crippen molar-refractivity contribution in [3.8, 4) is 0 Å². The van der Waals surface area contributed by atoms with E-state index >= 15 is 0 Å². The highest BCUT2D eigenvalue weighted by Crippen LogP contribution is 2.22. The standard InChI is InChI=1S/C6H13NO3/c8-5-6(9)3-1-2-4-7(6)10/h8-10H,1-5H2. The van der Waals surface area contributed by atoms with Crippen LogP contribution >= 0.6 is 0 Å². The van der Waals surface area contributed by atoms with Crippen molar-refractivity contribution in [2.75, 3.05) is 13.2 Å². The third-order valence-electron chi connectivity index (χ3n) is 1.93. The fraction of sp³-hybridized carbons (Fsp3) is 1.00. The lowest BCUT2D eigenvalue weighted by Crippen LogP contribution is -2.52. The number of hydrogen-bond donors (Lipinski definition) is 3. The Balaban J connectivity index is 2.54. The molecule has 0 aromatic rings. The quantitative estimate of drug-likeness (QED) is 0.469. The summed E-state index contributed by atoms with van der Waals surface area (Å²) in [6, 6.07) is 0. The van der Waals surface area contributed by atoms with Crippen LogP contribution in [-0.4, -0.2) is 39.4 Å². The Hall–Kier alpha value is -0.160. The summed E-state index contributed by atoms with van der Waals surface area (Å²) in [4.78, 5) is 0. The van der Waals surface area contributed by atoms with E-state index in [1.165, 1.54) is 0 Å². The molecule has 1 fully saturated rings. The highest BCUT2D eigenvalue weighted by molar-refractivity contribution is 4.77. The summed E-state index contributed by atoms with van der Waals surface area (Å²) in [5, 5.41) is 27.9. The number of hydroxylamine groups is 2. The van der Waals surface area contributed by atoms with Gasteiger partial charge in [-0.3, -0.25) is 0 Å². The van der Waals surface area contributed by atoms with Gasteiger partial charge in [-0.15, -0.1) is 0 Å². The maximum absolute atomic E-state index is 9.37. The van der Waals surface area contributed by atoms with Crippen LogP contribution in [0.25, 0.3) is 0 Å². The second-order valence-corrected chi connectivity index (χ2v) is 2.72. The van der Waals surface area contributed by atoms with Crippen LogP contribution < -0.4 is 0 Å². The van der Waals surface area contributed by atoms with Crippen LogP contribution in [0.1, 0.15) is 19.3 Å². The molecule has 0 saturated carbocycles. The van der Waals surface area contributed by atoms with Gasteiger partial charge in [-0.1, -0.05) is 0 Å². The van der Waals surface area contributed by atoms with Crippen molar-refractivity contribution in [2.45, 2.75) is 25.0 Å². The summed E-state index contributed by atoms with van der Waals surface area (Å²) >= 11 is 0. The zero-order valence-corrected chi connectivity index (χ0v) is 5.82. The van der Waals surface area contributed by atoms with Gasteiger partial charge in [-0.05, 0) is 19.3 Å². The molecule has 0 aromatic heterocycles. The molecule has 1 saturated heterocycles. The van der Waals surface area contributed by atoms with E-state index < -0.39 is 12.3 Å². The first-order chi connectivity index (χ1) is 4.69. The van der Waals surface area contributed by atoms with Crippen molar-refractivity contribution >= 4 is 0 Å². The van der Waals surface area contributed by atoms with Gasteiger partial charge in [0.15, 0.2) is 5.72 Å². The maximum Gasteiger partial charge on any atom is 0.163 e. The largest absolute Gasteiger partial charge is 0.392 e. The molecule has 3 N–H and O–H groups in total. The zero-order valence-electron chi connectivity index (χ0n) is 5.82. The molecule has 0 bridgehead atoms. The highest BCUT2D eigenvalue weighted by atomic mass is 16.5. The molecule has 60 valence electrons. The van der Waals surface area contributed by atoms with Crippen LogP contribution in [0, 0.1) is 0 Å². The Bertz CT molecular complexity index is 120. The molecule has 1 aliphatic heterocycles. The molecule has 0 spiro atoms. The molecule has 1 atom stereocenters. The lowest BCUT2D eigenvalue weighted by molar-refractivity contribution is -0.288. The average Bonchev–Trinajstić information content (AvgIpc) is 1.96. The minimum absolute atomic E-state index is 0.399. The van der Waals surface area contributed by atoms with Crippen LogP contribution in [0.2, 0.25) is 0 Å². The first-order valence-corrected chi connectivity index (χ1v) is 3.49. The van der Waals surface area contributed by atoms with Crippen molar-refractivity contribution in [3.63, 3.8) is 0 Å². The highest BCUT2D eigenvalue weighted by Gasteiger charge is 2.35. The summed E-state index contributed by atoms with van der Waals surface area (Å²) in [6.07, 6.45) is 2.17. The molecule has 0 aliphatic carbocycles. The zero-order chi connectivity index (χ0) is 7.61. The van der Waals surface area contributed by atoms with Gasteiger partial charge in [-0.25, -0.2) is 0 Å². The van der Waals surface area contributed by atoms with Crippen molar-refractivity contribution < 1.29 is 15.4 Å². The summed E-state index contributed by atoms with van der Waals surface area (Å²) < 4.78 is 0. The van der Waals surface area contributed by atoms with Gasteiger partial charge in [0.1, 0.15) is 0 Å². The molecule has 0 aromatic carbocycles. The van der Waals surface area contributed by atoms with E-state index in [2.05, 4.69) is 0 Å². The van der Waals surface area contributed by atoms with Crippen LogP contribution in [0.3, 0.4) is 0 Å². The van der Waals surface area contributed by atoms with Crippen LogP contribution in [0.15, 0.2) is 0 Å². The number of nitrogens with zero attached hydrogens (tertiary/aromatic N) is 1. The fourth-order valence-electron chi connectivity index (χ4n) is 1.17. The molecule has 0 radical (unpaired) electrons. The van der Waals surface area contributed by atoms with E-state index in [0.717, 1.165) is 17.9 Å². The van der Waals surface area contributed by atoms with E-state index in [1.54, 1.807) is 0 Å². The number of rotatable bonds is 1. The molecular formula is C6H13NO3. The van der Waals surface area contributed by atoms with Gasteiger partial charge >= 0.3 is 0 Å². The monoisotopic (exact) mass is 147 g/mol. The molecule has 10 heavy (non-hydrogen) atoms. The number of piperidine rings is 1. The first kappa shape index (κ1) is 7.94. The predicted octanol–water partition coefficient (Wildman–Crippen LogP) is -0.458. The van der Waals surface area contributed by atoms with E-state index in [0.29, 0.717) is 13.0 Å². The molecule has 1 aliphatic rings. The van der Waals surface area contributed by atoms with E-state index in [4.69, 9.17) is 10.3 Å². The Labute approximate surface area is 59.7 Å². The Morgan fingerprint density at radius 1 is 1.40 bits per heavy atom. The van der Waals surface area contributed by atoms with Crippen molar-refractivity contribution in [1.29, 1.82) is 0 Å². The van der Waals surface area contributed by atoms with Crippen molar-refractivity contribution in [1.82, 2.24) is 5.06 Å². The summed E-state index contributed by atoms with van der Waals surface area (Å²) in [5.74, 6) is 0. The van der Waals surface area contributed by atoms with E-state index in [-0.39, 0.29) is 0 Å². The van der Waals surface area contributed by atoms with Crippen LogP contribution in [0.4, 0.5) is 0 Å². The van der Waals surface area contributed by atoms with Gasteiger partial charge in [-0.2, -0.15) is 5.06 Å². The second-order valence-electron chi connectivity index (χ2n) is 2.72. The molecule has 4 nitrogen and oxygen atoms in total. The third-order valence-corrected chi connectivity index (χ3v) is 1.93. The number of hydrogen-bond acceptors (Lipinski definition) is 4. The molecule has 1 unspecified atom stereocenters. The predicted molar refractivity (Wildman–Crippen MR) is 34.4 cm³/mol. The Kier molecular flexibility index (Phi) is 2.25. The molecule has 1 heterocycles. The minimum atomic E-state index is -1.38. The summed E-state index contributed by atoms with van der Waals surface area (Å²) in [7, 11) is 0. The van der Waals surface area contributed by atoms with Crippen LogP contribution in [0.5, 0.6) is 0 Å². The van der Waals surface area contributed by atoms with Crippen molar-refractivity contribution in [2.24, 2.45) is 0 Å². The van der Waals surface area contributed by atoms with Gasteiger partial charge in [0.25, 0.3) is 0 Å². The molecule has 1 rings (SSSR count). The lowest BCUT2D eigenvalue weighted by atomic mass is 10.0. The molecular weight excluding hydrogens is 134 g/mol. The fourth-order valence-corrected chi connectivity index (χ4v) is 1.17. The topological polar surface area (TPSA) is 63.9 Å². The smallest absolute Gasteiger partial charge is 0.163 e. The summed E-state index contributed by atoms with van der Waals surface area (Å²) in [6.45, 7) is 0.0422. The van der Waals surface area contributed by atoms with Gasteiger partial charge in [0.2, 0.25) is 0 Å². The normalized spacial score (nSPS) is 36.3. The van der Waals surface area contributed by atoms with Gasteiger partial charge < -0.3 is 15.4 Å². The molecule has 0 amide bonds. The van der Waals surface area contributed by atoms with E-state index in [1.807, 2.05) is 0 Å².